The first-order chi connectivity index (χ1) is 6.20. The third-order valence-corrected chi connectivity index (χ3v) is 3.06. The van der Waals surface area contributed by atoms with E-state index >= 15 is 0 Å². The van der Waals surface area contributed by atoms with E-state index in [0.717, 1.165) is 25.1 Å². The van der Waals surface area contributed by atoms with Gasteiger partial charge in [-0.05, 0) is 25.1 Å². The summed E-state index contributed by atoms with van der Waals surface area (Å²) >= 11 is 1.87. The molecular weight excluding hydrogens is 186 g/mol. The fraction of sp³-hybridized carbons (Fsp3) is 0.889. The standard InChI is InChI=1S/C9H19NO2S/c1-8(5-6-10)13-7-3-4-9(11)12-2/h8H,3-7,10H2,1-2H3. The molecule has 0 aromatic carbocycles. The van der Waals surface area contributed by atoms with Gasteiger partial charge in [0.25, 0.3) is 0 Å². The van der Waals surface area contributed by atoms with E-state index in [0.29, 0.717) is 11.7 Å². The molecule has 0 aromatic heterocycles. The van der Waals surface area contributed by atoms with Crippen molar-refractivity contribution in [3.05, 3.63) is 0 Å². The van der Waals surface area contributed by atoms with Crippen molar-refractivity contribution in [2.75, 3.05) is 19.4 Å². The average Bonchev–Trinajstić information content (AvgIpc) is 2.12. The van der Waals surface area contributed by atoms with Gasteiger partial charge < -0.3 is 10.5 Å². The number of hydrogen-bond donors (Lipinski definition) is 1. The summed E-state index contributed by atoms with van der Waals surface area (Å²) in [6, 6.07) is 0. The van der Waals surface area contributed by atoms with Crippen LogP contribution in [0.4, 0.5) is 0 Å². The second-order valence-electron chi connectivity index (χ2n) is 2.94. The van der Waals surface area contributed by atoms with Crippen LogP contribution >= 0.6 is 11.8 Å². The maximum Gasteiger partial charge on any atom is 0.305 e. The number of esters is 1. The van der Waals surface area contributed by atoms with Crippen LogP contribution < -0.4 is 5.73 Å². The Kier molecular flexibility index (Phi) is 8.24. The summed E-state index contributed by atoms with van der Waals surface area (Å²) in [6.45, 7) is 2.90. The summed E-state index contributed by atoms with van der Waals surface area (Å²) in [6.07, 6.45) is 2.47. The summed E-state index contributed by atoms with van der Waals surface area (Å²) in [7, 11) is 1.42. The van der Waals surface area contributed by atoms with Gasteiger partial charge in [0.2, 0.25) is 0 Å². The van der Waals surface area contributed by atoms with Crippen LogP contribution in [0.5, 0.6) is 0 Å². The lowest BCUT2D eigenvalue weighted by atomic mass is 10.3. The van der Waals surface area contributed by atoms with Gasteiger partial charge in [-0.2, -0.15) is 11.8 Å². The lowest BCUT2D eigenvalue weighted by Gasteiger charge is -2.08. The first kappa shape index (κ1) is 12.8. The number of thioether (sulfide) groups is 1. The maximum absolute atomic E-state index is 10.7. The Labute approximate surface area is 84.4 Å². The molecule has 0 aliphatic rings. The molecule has 1 unspecified atom stereocenters. The number of methoxy groups -OCH3 is 1. The number of hydrogen-bond acceptors (Lipinski definition) is 4. The van der Waals surface area contributed by atoms with E-state index in [4.69, 9.17) is 5.73 Å². The highest BCUT2D eigenvalue weighted by Crippen LogP contribution is 2.14. The molecule has 78 valence electrons. The molecule has 0 rings (SSSR count). The quantitative estimate of drug-likeness (QED) is 0.504. The Morgan fingerprint density at radius 2 is 2.31 bits per heavy atom. The van der Waals surface area contributed by atoms with E-state index in [-0.39, 0.29) is 5.97 Å². The fourth-order valence-corrected chi connectivity index (χ4v) is 1.94. The van der Waals surface area contributed by atoms with Gasteiger partial charge in [0.15, 0.2) is 0 Å². The van der Waals surface area contributed by atoms with Crippen molar-refractivity contribution in [3.63, 3.8) is 0 Å². The van der Waals surface area contributed by atoms with E-state index in [1.807, 2.05) is 11.8 Å². The summed E-state index contributed by atoms with van der Waals surface area (Å²) in [4.78, 5) is 10.7. The second-order valence-corrected chi connectivity index (χ2v) is 4.48. The van der Waals surface area contributed by atoms with Crippen molar-refractivity contribution in [1.29, 1.82) is 0 Å². The normalized spacial score (nSPS) is 12.5. The molecule has 1 atom stereocenters. The van der Waals surface area contributed by atoms with Crippen LogP contribution in [0, 0.1) is 0 Å². The number of nitrogens with two attached hydrogens (primary N) is 1. The van der Waals surface area contributed by atoms with Crippen molar-refractivity contribution in [3.8, 4) is 0 Å². The molecule has 0 saturated carbocycles. The molecule has 0 amide bonds. The van der Waals surface area contributed by atoms with Gasteiger partial charge in [0.1, 0.15) is 0 Å². The highest BCUT2D eigenvalue weighted by molar-refractivity contribution is 7.99. The maximum atomic E-state index is 10.7. The van der Waals surface area contributed by atoms with Crippen molar-refractivity contribution in [1.82, 2.24) is 0 Å². The molecular formula is C9H19NO2S. The zero-order valence-electron chi connectivity index (χ0n) is 8.41. The average molecular weight is 205 g/mol. The van der Waals surface area contributed by atoms with E-state index in [9.17, 15) is 4.79 Å². The Balaban J connectivity index is 3.20. The minimum Gasteiger partial charge on any atom is -0.469 e. The van der Waals surface area contributed by atoms with Gasteiger partial charge in [-0.25, -0.2) is 0 Å². The highest BCUT2D eigenvalue weighted by atomic mass is 32.2. The lowest BCUT2D eigenvalue weighted by molar-refractivity contribution is -0.140. The molecule has 0 aliphatic heterocycles. The van der Waals surface area contributed by atoms with Gasteiger partial charge in [0, 0.05) is 11.7 Å². The largest absolute Gasteiger partial charge is 0.469 e. The van der Waals surface area contributed by atoms with E-state index < -0.39 is 0 Å². The van der Waals surface area contributed by atoms with Gasteiger partial charge >= 0.3 is 5.97 Å². The molecule has 0 bridgehead atoms. The Morgan fingerprint density at radius 1 is 1.62 bits per heavy atom. The zero-order chi connectivity index (χ0) is 10.1. The van der Waals surface area contributed by atoms with Gasteiger partial charge in [-0.1, -0.05) is 6.92 Å². The molecule has 0 spiro atoms. The SMILES string of the molecule is COC(=O)CCCSC(C)CCN. The Hall–Kier alpha value is -0.220. The van der Waals surface area contributed by atoms with E-state index in [1.165, 1.54) is 7.11 Å². The molecule has 3 nitrogen and oxygen atoms in total. The summed E-state index contributed by atoms with van der Waals surface area (Å²) in [5.41, 5.74) is 5.42. The topological polar surface area (TPSA) is 52.3 Å². The van der Waals surface area contributed by atoms with Crippen LogP contribution in [0.3, 0.4) is 0 Å². The summed E-state index contributed by atoms with van der Waals surface area (Å²) in [5, 5.41) is 0.600. The minimum atomic E-state index is -0.118. The molecule has 0 radical (unpaired) electrons. The second kappa shape index (κ2) is 8.38. The molecule has 0 fully saturated rings. The molecule has 0 aromatic rings. The highest BCUT2D eigenvalue weighted by Gasteiger charge is 2.03. The third kappa shape index (κ3) is 8.12. The number of carbonyl (C=O) groups excluding carboxylic acids is 1. The predicted octanol–water partition coefficient (Wildman–Crippen LogP) is 1.41. The Bertz CT molecular complexity index is 142. The molecule has 0 heterocycles. The van der Waals surface area contributed by atoms with E-state index in [2.05, 4.69) is 11.7 Å². The van der Waals surface area contributed by atoms with Crippen molar-refractivity contribution < 1.29 is 9.53 Å². The minimum absolute atomic E-state index is 0.118. The van der Waals surface area contributed by atoms with Crippen LogP contribution in [0.1, 0.15) is 26.2 Å². The van der Waals surface area contributed by atoms with Crippen LogP contribution in [-0.2, 0) is 9.53 Å². The lowest BCUT2D eigenvalue weighted by Crippen LogP contribution is -2.08. The zero-order valence-corrected chi connectivity index (χ0v) is 9.23. The smallest absolute Gasteiger partial charge is 0.305 e. The molecule has 2 N–H and O–H groups in total. The predicted molar refractivity (Wildman–Crippen MR) is 56.8 cm³/mol. The van der Waals surface area contributed by atoms with Crippen molar-refractivity contribution in [2.24, 2.45) is 5.73 Å². The van der Waals surface area contributed by atoms with E-state index in [1.54, 1.807) is 0 Å². The molecule has 0 aliphatic carbocycles. The van der Waals surface area contributed by atoms with Crippen molar-refractivity contribution in [2.45, 2.75) is 31.4 Å². The van der Waals surface area contributed by atoms with Crippen molar-refractivity contribution >= 4 is 17.7 Å². The summed E-state index contributed by atoms with van der Waals surface area (Å²) in [5.74, 6) is 0.892. The monoisotopic (exact) mass is 205 g/mol. The van der Waals surface area contributed by atoms with Crippen LogP contribution in [0.15, 0.2) is 0 Å². The summed E-state index contributed by atoms with van der Waals surface area (Å²) < 4.78 is 4.54. The number of ether oxygens (including phenoxy) is 1. The molecule has 13 heavy (non-hydrogen) atoms. The number of rotatable bonds is 7. The first-order valence-electron chi connectivity index (χ1n) is 4.59. The Morgan fingerprint density at radius 3 is 2.85 bits per heavy atom. The first-order valence-corrected chi connectivity index (χ1v) is 5.64. The molecule has 4 heteroatoms. The fourth-order valence-electron chi connectivity index (χ4n) is 0.921. The van der Waals surface area contributed by atoms with Gasteiger partial charge in [0.05, 0.1) is 7.11 Å². The van der Waals surface area contributed by atoms with Crippen LogP contribution in [-0.4, -0.2) is 30.6 Å². The third-order valence-electron chi connectivity index (χ3n) is 1.73. The van der Waals surface area contributed by atoms with Crippen LogP contribution in [0.2, 0.25) is 0 Å². The van der Waals surface area contributed by atoms with Gasteiger partial charge in [-0.3, -0.25) is 4.79 Å². The number of carbonyl (C=O) groups is 1. The van der Waals surface area contributed by atoms with Gasteiger partial charge in [-0.15, -0.1) is 0 Å². The van der Waals surface area contributed by atoms with Crippen LogP contribution in [0.25, 0.3) is 0 Å². The molecule has 0 saturated heterocycles.